The number of ketones is 2. The second-order valence-electron chi connectivity index (χ2n) is 11.1. The van der Waals surface area contributed by atoms with Crippen LogP contribution in [0.2, 0.25) is 0 Å². The van der Waals surface area contributed by atoms with Crippen LogP contribution in [0.15, 0.2) is 133 Å². The third-order valence-electron chi connectivity index (χ3n) is 8.36. The molecule has 238 valence electrons. The Balaban J connectivity index is 1.21. The van der Waals surface area contributed by atoms with Gasteiger partial charge in [-0.2, -0.15) is 0 Å². The molecule has 6 nitrogen and oxygen atoms in total. The van der Waals surface area contributed by atoms with Gasteiger partial charge >= 0.3 is 0 Å². The van der Waals surface area contributed by atoms with E-state index in [0.717, 1.165) is 33.4 Å². The smallest absolute Gasteiger partial charge is 0.193 e. The molecule has 0 atom stereocenters. The van der Waals surface area contributed by atoms with Crippen LogP contribution in [0.1, 0.15) is 31.8 Å². The highest BCUT2D eigenvalue weighted by Crippen LogP contribution is 2.38. The van der Waals surface area contributed by atoms with Crippen molar-refractivity contribution in [3.05, 3.63) is 156 Å². The SMILES string of the molecule is COc1ccc(C(=O)c2ccc(-c3ccc(-c4ccc(-c5ccc(C(=O)c6ccc(OC)cc6)cc5)c(OC)c4)cc3OC)cc2)cc1. The van der Waals surface area contributed by atoms with Crippen LogP contribution in [0.5, 0.6) is 23.0 Å². The van der Waals surface area contributed by atoms with Crippen LogP contribution in [0, 0.1) is 0 Å². The maximum absolute atomic E-state index is 13.0. The van der Waals surface area contributed by atoms with Gasteiger partial charge in [-0.1, -0.05) is 72.8 Å². The number of methoxy groups -OCH3 is 4. The third-order valence-corrected chi connectivity index (χ3v) is 8.36. The van der Waals surface area contributed by atoms with E-state index in [2.05, 4.69) is 0 Å². The molecule has 6 heteroatoms. The average Bonchev–Trinajstić information content (AvgIpc) is 3.17. The fourth-order valence-corrected chi connectivity index (χ4v) is 5.64. The van der Waals surface area contributed by atoms with Crippen LogP contribution in [0.3, 0.4) is 0 Å². The number of ether oxygens (including phenoxy) is 4. The molecule has 0 amide bonds. The van der Waals surface area contributed by atoms with Crippen molar-refractivity contribution in [3.8, 4) is 56.4 Å². The molecule has 0 aliphatic heterocycles. The monoisotopic (exact) mass is 634 g/mol. The van der Waals surface area contributed by atoms with E-state index < -0.39 is 0 Å². The topological polar surface area (TPSA) is 71.1 Å². The van der Waals surface area contributed by atoms with Crippen molar-refractivity contribution in [1.29, 1.82) is 0 Å². The summed E-state index contributed by atoms with van der Waals surface area (Å²) in [5.41, 5.74) is 8.04. The van der Waals surface area contributed by atoms with Gasteiger partial charge in [0.05, 0.1) is 28.4 Å². The lowest BCUT2D eigenvalue weighted by molar-refractivity contribution is 0.103. The summed E-state index contributed by atoms with van der Waals surface area (Å²) in [6.45, 7) is 0. The Bertz CT molecular complexity index is 1910. The molecule has 0 saturated heterocycles. The molecular formula is C42H34O6. The van der Waals surface area contributed by atoms with Crippen molar-refractivity contribution in [3.63, 3.8) is 0 Å². The van der Waals surface area contributed by atoms with Gasteiger partial charge in [0.1, 0.15) is 23.0 Å². The predicted octanol–water partition coefficient (Wildman–Crippen LogP) is 9.18. The molecule has 0 aliphatic carbocycles. The number of benzene rings is 6. The highest BCUT2D eigenvalue weighted by Gasteiger charge is 2.15. The molecule has 0 unspecified atom stereocenters. The summed E-state index contributed by atoms with van der Waals surface area (Å²) in [6.07, 6.45) is 0. The molecule has 0 heterocycles. The second-order valence-corrected chi connectivity index (χ2v) is 11.1. The van der Waals surface area contributed by atoms with Crippen LogP contribution in [0.25, 0.3) is 33.4 Å². The summed E-state index contributed by atoms with van der Waals surface area (Å²) in [6, 6.07) is 41.4. The summed E-state index contributed by atoms with van der Waals surface area (Å²) < 4.78 is 22.0. The second kappa shape index (κ2) is 14.1. The summed E-state index contributed by atoms with van der Waals surface area (Å²) in [7, 11) is 6.50. The van der Waals surface area contributed by atoms with Gasteiger partial charge < -0.3 is 18.9 Å². The Labute approximate surface area is 280 Å². The van der Waals surface area contributed by atoms with Gasteiger partial charge in [0.15, 0.2) is 11.6 Å². The quantitative estimate of drug-likeness (QED) is 0.132. The molecule has 0 aliphatic rings. The summed E-state index contributed by atoms with van der Waals surface area (Å²) in [5.74, 6) is 2.72. The van der Waals surface area contributed by atoms with Crippen molar-refractivity contribution in [2.45, 2.75) is 0 Å². The zero-order chi connectivity index (χ0) is 33.6. The zero-order valence-corrected chi connectivity index (χ0v) is 27.2. The molecule has 0 fully saturated rings. The number of hydrogen-bond donors (Lipinski definition) is 0. The summed E-state index contributed by atoms with van der Waals surface area (Å²) in [4.78, 5) is 26.0. The van der Waals surface area contributed by atoms with Gasteiger partial charge in [-0.15, -0.1) is 0 Å². The molecule has 0 spiro atoms. The lowest BCUT2D eigenvalue weighted by Gasteiger charge is -2.14. The first kappa shape index (κ1) is 31.8. The Morgan fingerprint density at radius 2 is 0.646 bits per heavy atom. The van der Waals surface area contributed by atoms with E-state index in [1.165, 1.54) is 0 Å². The van der Waals surface area contributed by atoms with Crippen LogP contribution < -0.4 is 18.9 Å². The molecule has 0 N–H and O–H groups in total. The number of carbonyl (C=O) groups is 2. The molecule has 48 heavy (non-hydrogen) atoms. The number of rotatable bonds is 11. The van der Waals surface area contributed by atoms with E-state index in [4.69, 9.17) is 18.9 Å². The van der Waals surface area contributed by atoms with Crippen LogP contribution in [-0.2, 0) is 0 Å². The van der Waals surface area contributed by atoms with Crippen molar-refractivity contribution in [2.24, 2.45) is 0 Å². The van der Waals surface area contributed by atoms with Gasteiger partial charge in [0.25, 0.3) is 0 Å². The first-order valence-corrected chi connectivity index (χ1v) is 15.4. The van der Waals surface area contributed by atoms with E-state index in [-0.39, 0.29) is 11.6 Å². The van der Waals surface area contributed by atoms with E-state index in [9.17, 15) is 9.59 Å². The fraction of sp³-hybridized carbons (Fsp3) is 0.0952. The highest BCUT2D eigenvalue weighted by atomic mass is 16.5. The van der Waals surface area contributed by atoms with Crippen molar-refractivity contribution in [1.82, 2.24) is 0 Å². The normalized spacial score (nSPS) is 10.7. The van der Waals surface area contributed by atoms with Crippen molar-refractivity contribution >= 4 is 11.6 Å². The molecule has 0 saturated carbocycles. The fourth-order valence-electron chi connectivity index (χ4n) is 5.64. The van der Waals surface area contributed by atoms with E-state index in [1.54, 1.807) is 77.0 Å². The molecule has 0 aromatic heterocycles. The van der Waals surface area contributed by atoms with E-state index >= 15 is 0 Å². The Morgan fingerprint density at radius 3 is 0.938 bits per heavy atom. The first-order valence-electron chi connectivity index (χ1n) is 15.4. The first-order chi connectivity index (χ1) is 23.4. The summed E-state index contributed by atoms with van der Waals surface area (Å²) >= 11 is 0. The van der Waals surface area contributed by atoms with Crippen molar-refractivity contribution in [2.75, 3.05) is 28.4 Å². The molecular weight excluding hydrogens is 600 g/mol. The maximum atomic E-state index is 13.0. The maximum Gasteiger partial charge on any atom is 0.193 e. The van der Waals surface area contributed by atoms with Gasteiger partial charge in [-0.3, -0.25) is 9.59 Å². The van der Waals surface area contributed by atoms with E-state index in [1.807, 2.05) is 84.9 Å². The van der Waals surface area contributed by atoms with Gasteiger partial charge in [-0.05, 0) is 82.9 Å². The molecule has 6 aromatic carbocycles. The van der Waals surface area contributed by atoms with Gasteiger partial charge in [0, 0.05) is 33.4 Å². The predicted molar refractivity (Wildman–Crippen MR) is 189 cm³/mol. The molecule has 6 rings (SSSR count). The minimum Gasteiger partial charge on any atom is -0.497 e. The number of carbonyl (C=O) groups excluding carboxylic acids is 2. The van der Waals surface area contributed by atoms with Crippen LogP contribution in [0.4, 0.5) is 0 Å². The van der Waals surface area contributed by atoms with Crippen LogP contribution in [-0.4, -0.2) is 40.0 Å². The number of hydrogen-bond acceptors (Lipinski definition) is 6. The van der Waals surface area contributed by atoms with E-state index in [0.29, 0.717) is 45.3 Å². The Hall–Kier alpha value is -6.14. The largest absolute Gasteiger partial charge is 0.497 e. The minimum absolute atomic E-state index is 0.0538. The Morgan fingerprint density at radius 1 is 0.354 bits per heavy atom. The summed E-state index contributed by atoms with van der Waals surface area (Å²) in [5, 5.41) is 0. The lowest BCUT2D eigenvalue weighted by Crippen LogP contribution is -2.01. The standard InChI is InChI=1S/C42H34O6/c1-45-35-19-13-31(14-20-35)41(43)29-9-5-27(6-10-29)37-23-17-33(25-39(37)47-3)34-18-24-38(40(26-34)48-4)28-7-11-30(12-8-28)42(44)32-15-21-36(46-2)22-16-32/h5-26H,1-4H3. The average molecular weight is 635 g/mol. The third kappa shape index (κ3) is 6.55. The lowest BCUT2D eigenvalue weighted by atomic mass is 9.95. The zero-order valence-electron chi connectivity index (χ0n) is 27.2. The van der Waals surface area contributed by atoms with Gasteiger partial charge in [-0.25, -0.2) is 0 Å². The molecule has 6 aromatic rings. The van der Waals surface area contributed by atoms with Gasteiger partial charge in [0.2, 0.25) is 0 Å². The highest BCUT2D eigenvalue weighted by molar-refractivity contribution is 6.10. The Kier molecular flexibility index (Phi) is 9.35. The minimum atomic E-state index is -0.0538. The van der Waals surface area contributed by atoms with Crippen LogP contribution >= 0.6 is 0 Å². The molecule has 0 radical (unpaired) electrons. The molecule has 0 bridgehead atoms. The van der Waals surface area contributed by atoms with Crippen molar-refractivity contribution < 1.29 is 28.5 Å².